The lowest BCUT2D eigenvalue weighted by atomic mass is 10.0. The number of fused-ring (bicyclic) bond motifs is 1. The number of aromatic nitrogens is 3. The second kappa shape index (κ2) is 7.46. The minimum absolute atomic E-state index is 0.000177. The second-order valence-corrected chi connectivity index (χ2v) is 8.07. The van der Waals surface area contributed by atoms with Gasteiger partial charge in [0.15, 0.2) is 5.82 Å². The van der Waals surface area contributed by atoms with Crippen LogP contribution in [-0.2, 0) is 17.8 Å². The van der Waals surface area contributed by atoms with Gasteiger partial charge in [0.2, 0.25) is 5.91 Å². The Morgan fingerprint density at radius 2 is 2.11 bits per heavy atom. The molecule has 2 aliphatic rings. The predicted molar refractivity (Wildman–Crippen MR) is 106 cm³/mol. The number of nitrogens with one attached hydrogen (secondary N) is 1. The van der Waals surface area contributed by atoms with E-state index in [1.807, 2.05) is 18.9 Å². The van der Waals surface area contributed by atoms with Crippen LogP contribution in [0.15, 0.2) is 5.51 Å². The van der Waals surface area contributed by atoms with Gasteiger partial charge in [-0.2, -0.15) is 0 Å². The van der Waals surface area contributed by atoms with E-state index in [-0.39, 0.29) is 17.9 Å². The molecule has 1 saturated heterocycles. The van der Waals surface area contributed by atoms with Crippen LogP contribution < -0.4 is 5.32 Å². The molecule has 9 heteroatoms. The van der Waals surface area contributed by atoms with E-state index in [1.165, 1.54) is 11.3 Å². The zero-order valence-electron chi connectivity index (χ0n) is 16.4. The number of aryl methyl sites for hydroxylation is 1. The van der Waals surface area contributed by atoms with Crippen LogP contribution in [0.25, 0.3) is 0 Å². The van der Waals surface area contributed by atoms with Crippen molar-refractivity contribution in [1.82, 2.24) is 24.8 Å². The van der Waals surface area contributed by atoms with Gasteiger partial charge < -0.3 is 15.1 Å². The number of anilines is 1. The van der Waals surface area contributed by atoms with Crippen molar-refractivity contribution in [2.75, 3.05) is 25.5 Å². The number of rotatable bonds is 3. The molecule has 2 aromatic heterocycles. The zero-order chi connectivity index (χ0) is 19.8. The summed E-state index contributed by atoms with van der Waals surface area (Å²) in [5.74, 6) is 1.51. The first kappa shape index (κ1) is 18.8. The van der Waals surface area contributed by atoms with Crippen LogP contribution in [-0.4, -0.2) is 56.7 Å². The summed E-state index contributed by atoms with van der Waals surface area (Å²) >= 11 is 1.38. The molecule has 0 saturated carbocycles. The van der Waals surface area contributed by atoms with Gasteiger partial charge >= 0.3 is 0 Å². The summed E-state index contributed by atoms with van der Waals surface area (Å²) in [7, 11) is 1.85. The minimum atomic E-state index is -0.154. The Morgan fingerprint density at radius 1 is 1.29 bits per heavy atom. The van der Waals surface area contributed by atoms with E-state index in [0.717, 1.165) is 42.0 Å². The number of carbonyl (C=O) groups is 2. The maximum Gasteiger partial charge on any atom is 0.266 e. The number of hydrogen-bond donors (Lipinski definition) is 1. The standard InChI is InChI=1S/C19H24N6O2S/c1-11-16(28-10-21-11)19(27)25-7-4-5-15(25)18-22-14-9-24(12(2)26)8-6-13(14)17(20-3)23-18/h10,15H,4-9H2,1-3H3,(H,20,22,23). The number of carbonyl (C=O) groups excluding carboxylic acids is 2. The van der Waals surface area contributed by atoms with Crippen LogP contribution >= 0.6 is 11.3 Å². The lowest BCUT2D eigenvalue weighted by molar-refractivity contribution is -0.129. The molecule has 0 radical (unpaired) electrons. The van der Waals surface area contributed by atoms with Crippen LogP contribution in [0.3, 0.4) is 0 Å². The topological polar surface area (TPSA) is 91.3 Å². The van der Waals surface area contributed by atoms with Crippen molar-refractivity contribution in [1.29, 1.82) is 0 Å². The third-order valence-corrected chi connectivity index (χ3v) is 6.43. The van der Waals surface area contributed by atoms with Crippen molar-refractivity contribution in [2.45, 2.75) is 45.7 Å². The molecule has 0 spiro atoms. The molecule has 4 heterocycles. The first-order chi connectivity index (χ1) is 13.5. The molecule has 0 aliphatic carbocycles. The summed E-state index contributed by atoms with van der Waals surface area (Å²) in [5.41, 5.74) is 4.42. The van der Waals surface area contributed by atoms with E-state index >= 15 is 0 Å². The van der Waals surface area contributed by atoms with Crippen molar-refractivity contribution in [3.63, 3.8) is 0 Å². The SMILES string of the molecule is CNc1nc(C2CCCN2C(=O)c2scnc2C)nc2c1CCN(C(C)=O)C2. The average Bonchev–Trinajstić information content (AvgIpc) is 3.35. The van der Waals surface area contributed by atoms with Gasteiger partial charge in [0.1, 0.15) is 10.7 Å². The van der Waals surface area contributed by atoms with E-state index in [1.54, 1.807) is 17.3 Å². The fourth-order valence-corrected chi connectivity index (χ4v) is 4.75. The molecule has 1 N–H and O–H groups in total. The molecule has 1 fully saturated rings. The molecule has 2 aliphatic heterocycles. The van der Waals surface area contributed by atoms with Gasteiger partial charge in [-0.3, -0.25) is 9.59 Å². The second-order valence-electron chi connectivity index (χ2n) is 7.22. The lowest BCUT2D eigenvalue weighted by Gasteiger charge is -2.30. The van der Waals surface area contributed by atoms with Gasteiger partial charge in [0.25, 0.3) is 5.91 Å². The van der Waals surface area contributed by atoms with Crippen LogP contribution in [0.4, 0.5) is 5.82 Å². The van der Waals surface area contributed by atoms with E-state index in [2.05, 4.69) is 10.3 Å². The summed E-state index contributed by atoms with van der Waals surface area (Å²) in [6, 6.07) is -0.154. The molecule has 1 atom stereocenters. The first-order valence-electron chi connectivity index (χ1n) is 9.53. The fraction of sp³-hybridized carbons (Fsp3) is 0.526. The predicted octanol–water partition coefficient (Wildman–Crippen LogP) is 2.17. The minimum Gasteiger partial charge on any atom is -0.373 e. The largest absolute Gasteiger partial charge is 0.373 e. The highest BCUT2D eigenvalue weighted by Crippen LogP contribution is 2.34. The highest BCUT2D eigenvalue weighted by Gasteiger charge is 2.35. The monoisotopic (exact) mass is 400 g/mol. The van der Waals surface area contributed by atoms with Crippen LogP contribution in [0, 0.1) is 6.92 Å². The number of hydrogen-bond acceptors (Lipinski definition) is 7. The molecule has 0 aromatic carbocycles. The fourth-order valence-electron chi connectivity index (χ4n) is 3.99. The maximum absolute atomic E-state index is 13.1. The highest BCUT2D eigenvalue weighted by atomic mass is 32.1. The summed E-state index contributed by atoms with van der Waals surface area (Å²) in [6.07, 6.45) is 2.49. The van der Waals surface area contributed by atoms with Gasteiger partial charge in [-0.1, -0.05) is 0 Å². The molecule has 2 amide bonds. The molecule has 0 bridgehead atoms. The molecule has 1 unspecified atom stereocenters. The van der Waals surface area contributed by atoms with Crippen molar-refractivity contribution in [3.8, 4) is 0 Å². The Balaban J connectivity index is 1.68. The summed E-state index contributed by atoms with van der Waals surface area (Å²) in [5, 5.41) is 3.18. The highest BCUT2D eigenvalue weighted by molar-refractivity contribution is 7.11. The first-order valence-corrected chi connectivity index (χ1v) is 10.4. The van der Waals surface area contributed by atoms with Crippen LogP contribution in [0.5, 0.6) is 0 Å². The van der Waals surface area contributed by atoms with Gasteiger partial charge in [0.05, 0.1) is 29.5 Å². The summed E-state index contributed by atoms with van der Waals surface area (Å²) < 4.78 is 0. The molecule has 8 nitrogen and oxygen atoms in total. The van der Waals surface area contributed by atoms with Gasteiger partial charge in [0, 0.05) is 32.6 Å². The number of amides is 2. The van der Waals surface area contributed by atoms with Crippen LogP contribution in [0.2, 0.25) is 0 Å². The van der Waals surface area contributed by atoms with Crippen molar-refractivity contribution >= 4 is 29.0 Å². The Hall–Kier alpha value is -2.55. The molecule has 148 valence electrons. The summed E-state index contributed by atoms with van der Waals surface area (Å²) in [6.45, 7) is 5.30. The number of likely N-dealkylation sites (tertiary alicyclic amines) is 1. The van der Waals surface area contributed by atoms with Crippen LogP contribution in [0.1, 0.15) is 58.3 Å². The maximum atomic E-state index is 13.1. The number of nitrogens with zero attached hydrogens (tertiary/aromatic N) is 5. The van der Waals surface area contributed by atoms with E-state index in [0.29, 0.717) is 30.3 Å². The zero-order valence-corrected chi connectivity index (χ0v) is 17.2. The molecular formula is C19H24N6O2S. The third-order valence-electron chi connectivity index (χ3n) is 5.52. The molecule has 28 heavy (non-hydrogen) atoms. The quantitative estimate of drug-likeness (QED) is 0.849. The third kappa shape index (κ3) is 3.23. The number of thiazole rings is 1. The van der Waals surface area contributed by atoms with Crippen molar-refractivity contribution in [3.05, 3.63) is 33.2 Å². The lowest BCUT2D eigenvalue weighted by Crippen LogP contribution is -2.36. The molecule has 2 aromatic rings. The molecule has 4 rings (SSSR count). The summed E-state index contributed by atoms with van der Waals surface area (Å²) in [4.78, 5) is 43.0. The van der Waals surface area contributed by atoms with Crippen molar-refractivity contribution in [2.24, 2.45) is 0 Å². The van der Waals surface area contributed by atoms with Gasteiger partial charge in [-0.05, 0) is 26.2 Å². The smallest absolute Gasteiger partial charge is 0.266 e. The van der Waals surface area contributed by atoms with E-state index in [9.17, 15) is 9.59 Å². The Morgan fingerprint density at radius 3 is 2.79 bits per heavy atom. The Labute approximate surface area is 168 Å². The van der Waals surface area contributed by atoms with Gasteiger partial charge in [-0.15, -0.1) is 11.3 Å². The molecular weight excluding hydrogens is 376 g/mol. The Bertz CT molecular complexity index is 927. The van der Waals surface area contributed by atoms with E-state index in [4.69, 9.17) is 9.97 Å². The van der Waals surface area contributed by atoms with Crippen molar-refractivity contribution < 1.29 is 9.59 Å². The van der Waals surface area contributed by atoms with E-state index < -0.39 is 0 Å². The average molecular weight is 401 g/mol. The normalized spacial score (nSPS) is 18.9. The van der Waals surface area contributed by atoms with Gasteiger partial charge in [-0.25, -0.2) is 15.0 Å². The Kier molecular flexibility index (Phi) is 5.01.